The lowest BCUT2D eigenvalue weighted by atomic mass is 9.82. The van der Waals surface area contributed by atoms with Gasteiger partial charge in [-0.1, -0.05) is 61.4 Å². The van der Waals surface area contributed by atoms with Gasteiger partial charge in [0.2, 0.25) is 0 Å². The third kappa shape index (κ3) is 4.41. The summed E-state index contributed by atoms with van der Waals surface area (Å²) < 4.78 is 0. The molecule has 36 heavy (non-hydrogen) atoms. The normalized spacial score (nSPS) is 21.6. The Hall–Kier alpha value is -2.84. The van der Waals surface area contributed by atoms with Crippen molar-refractivity contribution in [1.29, 1.82) is 0 Å². The molecule has 0 aromatic heterocycles. The molecule has 3 amide bonds. The number of urea groups is 1. The molecule has 1 N–H and O–H groups in total. The molecule has 3 fully saturated rings. The lowest BCUT2D eigenvalue weighted by Crippen LogP contribution is -2.49. The number of benzene rings is 2. The second-order valence-corrected chi connectivity index (χ2v) is 11.3. The molecule has 6 rings (SSSR count). The first-order chi connectivity index (χ1) is 17.6. The van der Waals surface area contributed by atoms with Gasteiger partial charge in [0.1, 0.15) is 11.4 Å². The van der Waals surface area contributed by atoms with E-state index in [-0.39, 0.29) is 11.9 Å². The zero-order valence-corrected chi connectivity index (χ0v) is 21.4. The summed E-state index contributed by atoms with van der Waals surface area (Å²) in [5.41, 5.74) is 1.61. The quantitative estimate of drug-likeness (QED) is 0.623. The third-order valence-corrected chi connectivity index (χ3v) is 9.06. The molecule has 3 aliphatic heterocycles. The lowest BCUT2D eigenvalue weighted by Gasteiger charge is -2.37. The topological polar surface area (TPSA) is 68.2 Å². The Morgan fingerprint density at radius 1 is 0.861 bits per heavy atom. The molecule has 0 unspecified atom stereocenters. The second-order valence-electron chi connectivity index (χ2n) is 10.2. The number of imide groups is 1. The Labute approximate surface area is 216 Å². The van der Waals surface area contributed by atoms with E-state index in [0.29, 0.717) is 6.54 Å². The van der Waals surface area contributed by atoms with Crippen molar-refractivity contribution in [1.82, 2.24) is 20.0 Å². The fourth-order valence-electron chi connectivity index (χ4n) is 5.92. The van der Waals surface area contributed by atoms with Crippen LogP contribution in [-0.4, -0.2) is 77.3 Å². The Bertz CT molecular complexity index is 1180. The SMILES string of the molecule is O=C1NC2(CCCCC2)C(=O)N1CCCN1CCN(C2=Nc3ccccc3Sc3ccccc32)CC1. The van der Waals surface area contributed by atoms with E-state index in [4.69, 9.17) is 4.99 Å². The Morgan fingerprint density at radius 2 is 1.58 bits per heavy atom. The van der Waals surface area contributed by atoms with Crippen molar-refractivity contribution in [3.63, 3.8) is 0 Å². The molecule has 3 heterocycles. The summed E-state index contributed by atoms with van der Waals surface area (Å²) >= 11 is 1.79. The van der Waals surface area contributed by atoms with Crippen LogP contribution in [-0.2, 0) is 4.79 Å². The van der Waals surface area contributed by atoms with Gasteiger partial charge in [-0.15, -0.1) is 0 Å². The largest absolute Gasteiger partial charge is 0.354 e. The van der Waals surface area contributed by atoms with Gasteiger partial charge < -0.3 is 10.2 Å². The predicted molar refractivity (Wildman–Crippen MR) is 142 cm³/mol. The van der Waals surface area contributed by atoms with Crippen LogP contribution >= 0.6 is 11.8 Å². The second kappa shape index (κ2) is 9.90. The highest BCUT2D eigenvalue weighted by molar-refractivity contribution is 7.99. The molecule has 1 aliphatic carbocycles. The number of amidine groups is 1. The number of carbonyl (C=O) groups is 2. The van der Waals surface area contributed by atoms with Crippen molar-refractivity contribution in [2.45, 2.75) is 53.9 Å². The predicted octanol–water partition coefficient (Wildman–Crippen LogP) is 4.49. The van der Waals surface area contributed by atoms with Gasteiger partial charge >= 0.3 is 6.03 Å². The fourth-order valence-corrected chi connectivity index (χ4v) is 6.94. The van der Waals surface area contributed by atoms with Crippen LogP contribution in [0.25, 0.3) is 0 Å². The summed E-state index contributed by atoms with van der Waals surface area (Å²) in [4.78, 5) is 39.4. The molecule has 2 saturated heterocycles. The van der Waals surface area contributed by atoms with Gasteiger partial charge in [-0.2, -0.15) is 0 Å². The Kier molecular flexibility index (Phi) is 6.48. The minimum absolute atomic E-state index is 0.000195. The Balaban J connectivity index is 1.06. The lowest BCUT2D eigenvalue weighted by molar-refractivity contribution is -0.132. The maximum atomic E-state index is 13.0. The van der Waals surface area contributed by atoms with Crippen molar-refractivity contribution in [3.05, 3.63) is 54.1 Å². The summed E-state index contributed by atoms with van der Waals surface area (Å²) in [5.74, 6) is 1.06. The smallest absolute Gasteiger partial charge is 0.325 e. The average Bonchev–Trinajstić information content (AvgIpc) is 3.04. The van der Waals surface area contributed by atoms with Crippen LogP contribution in [0.4, 0.5) is 10.5 Å². The number of amides is 3. The van der Waals surface area contributed by atoms with Crippen LogP contribution in [0.2, 0.25) is 0 Å². The minimum Gasteiger partial charge on any atom is -0.354 e. The molecule has 0 atom stereocenters. The number of nitrogens with zero attached hydrogens (tertiary/aromatic N) is 4. The first kappa shape index (κ1) is 23.6. The van der Waals surface area contributed by atoms with E-state index < -0.39 is 5.54 Å². The summed E-state index contributed by atoms with van der Waals surface area (Å²) in [6.07, 6.45) is 5.57. The number of carbonyl (C=O) groups excluding carboxylic acids is 2. The summed E-state index contributed by atoms with van der Waals surface area (Å²) in [6.45, 7) is 5.10. The van der Waals surface area contributed by atoms with E-state index in [1.807, 2.05) is 0 Å². The number of hydrogen-bond acceptors (Lipinski definition) is 6. The van der Waals surface area contributed by atoms with Gasteiger partial charge in [-0.25, -0.2) is 9.79 Å². The zero-order valence-electron chi connectivity index (χ0n) is 20.6. The first-order valence-corrected chi connectivity index (χ1v) is 14.0. The minimum atomic E-state index is -0.617. The zero-order chi connectivity index (χ0) is 24.5. The first-order valence-electron chi connectivity index (χ1n) is 13.2. The standard InChI is InChI=1S/C28H33N5O2S/c34-26-28(13-6-1-7-14-28)30-27(35)33(26)16-8-15-31-17-19-32(20-18-31)25-21-9-2-4-11-23(21)36-24-12-5-3-10-22(24)29-25/h2-5,9-12H,1,6-8,13-20H2,(H,30,35). The van der Waals surface area contributed by atoms with E-state index in [1.165, 1.54) is 20.3 Å². The fraction of sp³-hybridized carbons (Fsp3) is 0.464. The van der Waals surface area contributed by atoms with Crippen LogP contribution in [0, 0.1) is 0 Å². The molecule has 1 saturated carbocycles. The van der Waals surface area contributed by atoms with Crippen LogP contribution in [0.3, 0.4) is 0 Å². The molecule has 2 aromatic rings. The van der Waals surface area contributed by atoms with Crippen molar-refractivity contribution in [2.75, 3.05) is 39.3 Å². The van der Waals surface area contributed by atoms with E-state index in [9.17, 15) is 9.59 Å². The highest BCUT2D eigenvalue weighted by Gasteiger charge is 2.50. The summed E-state index contributed by atoms with van der Waals surface area (Å²) in [6, 6.07) is 16.7. The summed E-state index contributed by atoms with van der Waals surface area (Å²) in [7, 11) is 0. The maximum Gasteiger partial charge on any atom is 0.325 e. The average molecular weight is 504 g/mol. The van der Waals surface area contributed by atoms with Gasteiger partial charge in [0.25, 0.3) is 5.91 Å². The molecular formula is C28H33N5O2S. The van der Waals surface area contributed by atoms with Gasteiger partial charge in [-0.05, 0) is 44.0 Å². The van der Waals surface area contributed by atoms with E-state index in [2.05, 4.69) is 63.6 Å². The molecule has 1 spiro atoms. The number of piperazine rings is 1. The molecule has 0 bridgehead atoms. The summed E-state index contributed by atoms with van der Waals surface area (Å²) in [5, 5.41) is 3.02. The van der Waals surface area contributed by atoms with Crippen LogP contribution < -0.4 is 5.32 Å². The van der Waals surface area contributed by atoms with Gasteiger partial charge in [0.05, 0.1) is 5.69 Å². The number of hydrogen-bond donors (Lipinski definition) is 1. The third-order valence-electron chi connectivity index (χ3n) is 7.92. The molecule has 4 aliphatic rings. The number of para-hydroxylation sites is 1. The molecule has 2 aromatic carbocycles. The van der Waals surface area contributed by atoms with Crippen molar-refractivity contribution >= 4 is 35.2 Å². The van der Waals surface area contributed by atoms with E-state index in [1.54, 1.807) is 11.8 Å². The number of rotatable bonds is 4. The maximum absolute atomic E-state index is 13.0. The van der Waals surface area contributed by atoms with Crippen molar-refractivity contribution in [2.24, 2.45) is 4.99 Å². The number of fused-ring (bicyclic) bond motifs is 2. The molecular weight excluding hydrogens is 470 g/mol. The van der Waals surface area contributed by atoms with Gasteiger partial charge in [-0.3, -0.25) is 14.6 Å². The number of nitrogens with one attached hydrogen (secondary N) is 1. The molecule has 7 nitrogen and oxygen atoms in total. The molecule has 8 heteroatoms. The molecule has 0 radical (unpaired) electrons. The number of aliphatic imine (C=N–C) groups is 1. The van der Waals surface area contributed by atoms with E-state index in [0.717, 1.165) is 82.8 Å². The highest BCUT2D eigenvalue weighted by Crippen LogP contribution is 2.40. The Morgan fingerprint density at radius 3 is 2.39 bits per heavy atom. The van der Waals surface area contributed by atoms with Crippen molar-refractivity contribution in [3.8, 4) is 0 Å². The van der Waals surface area contributed by atoms with E-state index >= 15 is 0 Å². The van der Waals surface area contributed by atoms with Gasteiger partial charge in [0, 0.05) is 48.1 Å². The van der Waals surface area contributed by atoms with Crippen LogP contribution in [0.5, 0.6) is 0 Å². The molecule has 188 valence electrons. The monoisotopic (exact) mass is 503 g/mol. The van der Waals surface area contributed by atoms with Crippen LogP contribution in [0.15, 0.2) is 63.3 Å². The highest BCUT2D eigenvalue weighted by atomic mass is 32.2. The van der Waals surface area contributed by atoms with Gasteiger partial charge in [0.15, 0.2) is 0 Å². The van der Waals surface area contributed by atoms with Crippen molar-refractivity contribution < 1.29 is 9.59 Å². The van der Waals surface area contributed by atoms with Crippen LogP contribution in [0.1, 0.15) is 44.1 Å².